The molecule has 4 heteroatoms. The molecule has 16 heavy (non-hydrogen) atoms. The molecular weight excluding hydrogens is 218 g/mol. The zero-order valence-corrected chi connectivity index (χ0v) is 11.3. The molecule has 0 atom stereocenters. The van der Waals surface area contributed by atoms with Crippen LogP contribution in [0.15, 0.2) is 6.07 Å². The summed E-state index contributed by atoms with van der Waals surface area (Å²) in [4.78, 5) is 4.76. The Morgan fingerprint density at radius 3 is 2.38 bits per heavy atom. The molecule has 1 aromatic rings. The molecule has 1 rings (SSSR count). The maximum atomic E-state index is 5.74. The molecular formula is C12H19N3S. The van der Waals surface area contributed by atoms with E-state index >= 15 is 0 Å². The van der Waals surface area contributed by atoms with E-state index < -0.39 is 0 Å². The first-order valence-electron chi connectivity index (χ1n) is 5.27. The molecule has 0 saturated carbocycles. The highest BCUT2D eigenvalue weighted by atomic mass is 32.1. The third-order valence-electron chi connectivity index (χ3n) is 2.08. The van der Waals surface area contributed by atoms with Crippen LogP contribution in [0.4, 0.5) is 5.69 Å². The molecule has 0 unspecified atom stereocenters. The van der Waals surface area contributed by atoms with Crippen molar-refractivity contribution in [2.75, 3.05) is 5.32 Å². The van der Waals surface area contributed by atoms with Gasteiger partial charge in [0.15, 0.2) is 0 Å². The summed E-state index contributed by atoms with van der Waals surface area (Å²) in [6.07, 6.45) is 0. The second kappa shape index (κ2) is 4.37. The fourth-order valence-electron chi connectivity index (χ4n) is 1.64. The molecule has 0 fully saturated rings. The molecule has 88 valence electrons. The van der Waals surface area contributed by atoms with Gasteiger partial charge in [0, 0.05) is 22.6 Å². The van der Waals surface area contributed by atoms with E-state index in [2.05, 4.69) is 31.1 Å². The Hall–Kier alpha value is -1.16. The second-order valence-corrected chi connectivity index (χ2v) is 5.45. The second-order valence-electron chi connectivity index (χ2n) is 5.01. The lowest BCUT2D eigenvalue weighted by atomic mass is 10.1. The fraction of sp³-hybridized carbons (Fsp3) is 0.500. The molecule has 0 aliphatic rings. The summed E-state index contributed by atoms with van der Waals surface area (Å²) in [5.74, 6) is 0. The number of hydrogen-bond acceptors (Lipinski definition) is 3. The molecule has 3 nitrogen and oxygen atoms in total. The Bertz CT molecular complexity index is 419. The number of nitrogens with one attached hydrogen (secondary N) is 1. The van der Waals surface area contributed by atoms with Crippen LogP contribution in [0.3, 0.4) is 0 Å². The topological polar surface area (TPSA) is 50.9 Å². The van der Waals surface area contributed by atoms with E-state index in [0.717, 1.165) is 22.6 Å². The van der Waals surface area contributed by atoms with Crippen LogP contribution in [0, 0.1) is 13.8 Å². The minimum Gasteiger partial charge on any atom is -0.389 e. The summed E-state index contributed by atoms with van der Waals surface area (Å²) in [5, 5.41) is 3.41. The van der Waals surface area contributed by atoms with Gasteiger partial charge in [-0.2, -0.15) is 0 Å². The van der Waals surface area contributed by atoms with Gasteiger partial charge < -0.3 is 11.1 Å². The van der Waals surface area contributed by atoms with E-state index in [1.54, 1.807) is 0 Å². The number of pyridine rings is 1. The Morgan fingerprint density at radius 1 is 1.38 bits per heavy atom. The highest BCUT2D eigenvalue weighted by Gasteiger charge is 2.16. The summed E-state index contributed by atoms with van der Waals surface area (Å²) in [7, 11) is 0. The number of aryl methyl sites for hydroxylation is 2. The van der Waals surface area contributed by atoms with Gasteiger partial charge >= 0.3 is 0 Å². The van der Waals surface area contributed by atoms with Crippen molar-refractivity contribution in [1.82, 2.24) is 4.98 Å². The van der Waals surface area contributed by atoms with Crippen LogP contribution in [-0.2, 0) is 0 Å². The molecule has 0 spiro atoms. The van der Waals surface area contributed by atoms with Crippen LogP contribution < -0.4 is 11.1 Å². The molecule has 0 amide bonds. The lowest BCUT2D eigenvalue weighted by Crippen LogP contribution is -2.28. The van der Waals surface area contributed by atoms with Gasteiger partial charge in [0.05, 0.1) is 5.56 Å². The van der Waals surface area contributed by atoms with Crippen molar-refractivity contribution in [1.29, 1.82) is 0 Å². The number of thiocarbonyl (C=S) groups is 1. The van der Waals surface area contributed by atoms with Crippen molar-refractivity contribution in [2.24, 2.45) is 5.73 Å². The minimum absolute atomic E-state index is 0.0280. The molecule has 0 saturated heterocycles. The summed E-state index contributed by atoms with van der Waals surface area (Å²) >= 11 is 5.07. The molecule has 3 N–H and O–H groups in total. The Balaban J connectivity index is 3.30. The van der Waals surface area contributed by atoms with E-state index in [1.807, 2.05) is 19.9 Å². The fourth-order valence-corrected chi connectivity index (χ4v) is 1.90. The SMILES string of the molecule is Cc1cc(NC(C)(C)C)c(C(N)=S)c(C)n1. The van der Waals surface area contributed by atoms with Gasteiger partial charge in [0.2, 0.25) is 0 Å². The summed E-state index contributed by atoms with van der Waals surface area (Å²) < 4.78 is 0. The molecule has 0 bridgehead atoms. The quantitative estimate of drug-likeness (QED) is 0.776. The summed E-state index contributed by atoms with van der Waals surface area (Å²) in [5.41, 5.74) is 9.35. The lowest BCUT2D eigenvalue weighted by molar-refractivity contribution is 0.633. The van der Waals surface area contributed by atoms with Gasteiger partial charge in [-0.05, 0) is 40.7 Å². The lowest BCUT2D eigenvalue weighted by Gasteiger charge is -2.24. The smallest absolute Gasteiger partial charge is 0.107 e. The number of aromatic nitrogens is 1. The van der Waals surface area contributed by atoms with E-state index in [9.17, 15) is 0 Å². The van der Waals surface area contributed by atoms with Crippen molar-refractivity contribution < 1.29 is 0 Å². The van der Waals surface area contributed by atoms with Crippen molar-refractivity contribution >= 4 is 22.9 Å². The first kappa shape index (κ1) is 12.9. The van der Waals surface area contributed by atoms with Gasteiger partial charge in [0.25, 0.3) is 0 Å². The zero-order valence-electron chi connectivity index (χ0n) is 10.5. The van der Waals surface area contributed by atoms with Gasteiger partial charge in [0.1, 0.15) is 4.99 Å². The van der Waals surface area contributed by atoms with Crippen molar-refractivity contribution in [3.63, 3.8) is 0 Å². The van der Waals surface area contributed by atoms with E-state index in [0.29, 0.717) is 4.99 Å². The average Bonchev–Trinajstić information content (AvgIpc) is 1.96. The maximum absolute atomic E-state index is 5.74. The molecule has 0 radical (unpaired) electrons. The maximum Gasteiger partial charge on any atom is 0.107 e. The average molecular weight is 237 g/mol. The molecule has 1 aromatic heterocycles. The summed E-state index contributed by atoms with van der Waals surface area (Å²) in [6, 6.07) is 1.98. The number of nitrogens with zero attached hydrogens (tertiary/aromatic N) is 1. The normalized spacial score (nSPS) is 11.3. The number of anilines is 1. The first-order chi connectivity index (χ1) is 7.20. The molecule has 0 aliphatic carbocycles. The van der Waals surface area contributed by atoms with E-state index in [4.69, 9.17) is 18.0 Å². The third kappa shape index (κ3) is 3.17. The van der Waals surface area contributed by atoms with Crippen LogP contribution in [0.1, 0.15) is 37.7 Å². The number of hydrogen-bond donors (Lipinski definition) is 2. The Morgan fingerprint density at radius 2 is 1.94 bits per heavy atom. The zero-order chi connectivity index (χ0) is 12.5. The predicted molar refractivity (Wildman–Crippen MR) is 73.0 cm³/mol. The van der Waals surface area contributed by atoms with Crippen LogP contribution >= 0.6 is 12.2 Å². The number of rotatable bonds is 2. The van der Waals surface area contributed by atoms with Crippen molar-refractivity contribution in [3.05, 3.63) is 23.0 Å². The van der Waals surface area contributed by atoms with Gasteiger partial charge in [-0.15, -0.1) is 0 Å². The molecule has 0 aromatic carbocycles. The molecule has 0 aliphatic heterocycles. The van der Waals surface area contributed by atoms with E-state index in [-0.39, 0.29) is 5.54 Å². The van der Waals surface area contributed by atoms with Gasteiger partial charge in [-0.3, -0.25) is 4.98 Å². The number of nitrogens with two attached hydrogens (primary N) is 1. The minimum atomic E-state index is -0.0280. The van der Waals surface area contributed by atoms with Crippen LogP contribution in [0.25, 0.3) is 0 Å². The highest BCUT2D eigenvalue weighted by molar-refractivity contribution is 7.80. The van der Waals surface area contributed by atoms with Crippen molar-refractivity contribution in [3.8, 4) is 0 Å². The van der Waals surface area contributed by atoms with Crippen LogP contribution in [0.2, 0.25) is 0 Å². The van der Waals surface area contributed by atoms with Crippen LogP contribution in [0.5, 0.6) is 0 Å². The summed E-state index contributed by atoms with van der Waals surface area (Å²) in [6.45, 7) is 10.2. The van der Waals surface area contributed by atoms with Gasteiger partial charge in [-0.25, -0.2) is 0 Å². The molecule has 1 heterocycles. The Kier molecular flexibility index (Phi) is 3.53. The highest BCUT2D eigenvalue weighted by Crippen LogP contribution is 2.23. The monoisotopic (exact) mass is 237 g/mol. The van der Waals surface area contributed by atoms with Crippen LogP contribution in [-0.4, -0.2) is 15.5 Å². The Labute approximate surface area is 102 Å². The standard InChI is InChI=1S/C12H19N3S/c1-7-6-9(15-12(3,4)5)10(11(13)16)8(2)14-7/h6H,1-5H3,(H2,13,16)(H,14,15). The first-order valence-corrected chi connectivity index (χ1v) is 5.68. The predicted octanol–water partition coefficient (Wildman–Crippen LogP) is 2.54. The van der Waals surface area contributed by atoms with Gasteiger partial charge in [-0.1, -0.05) is 12.2 Å². The third-order valence-corrected chi connectivity index (χ3v) is 2.29. The largest absolute Gasteiger partial charge is 0.389 e. The van der Waals surface area contributed by atoms with Crippen molar-refractivity contribution in [2.45, 2.75) is 40.2 Å². The van der Waals surface area contributed by atoms with E-state index in [1.165, 1.54) is 0 Å².